The highest BCUT2D eigenvalue weighted by molar-refractivity contribution is 6.43. The monoisotopic (exact) mass is 562 g/mol. The maximum absolute atomic E-state index is 13.9. The van der Waals surface area contributed by atoms with Crippen LogP contribution in [0.15, 0.2) is 76.7 Å². The van der Waals surface area contributed by atoms with E-state index in [1.807, 2.05) is 0 Å². The zero-order valence-corrected chi connectivity index (χ0v) is 20.1. The number of halogens is 10. The maximum Gasteiger partial charge on any atom is 0.416 e. The van der Waals surface area contributed by atoms with Gasteiger partial charge >= 0.3 is 18.5 Å². The lowest BCUT2D eigenvalue weighted by Gasteiger charge is -2.14. The Morgan fingerprint density at radius 3 is 1.56 bits per heavy atom. The minimum atomic E-state index is -5.10. The smallest absolute Gasteiger partial charge is 0.252 e. The first kappa shape index (κ1) is 29.9. The van der Waals surface area contributed by atoms with Crippen LogP contribution in [0.25, 0.3) is 0 Å². The average Bonchev–Trinajstić information content (AvgIpc) is 2.83. The molecule has 39 heavy (non-hydrogen) atoms. The van der Waals surface area contributed by atoms with Crippen LogP contribution in [0.4, 0.5) is 55.3 Å². The molecule has 0 aromatic heterocycles. The van der Waals surface area contributed by atoms with E-state index >= 15 is 0 Å². The molecule has 0 aliphatic carbocycles. The number of hydrogen-bond acceptors (Lipinski definition) is 2. The van der Waals surface area contributed by atoms with E-state index in [0.717, 1.165) is 11.6 Å². The molecule has 0 unspecified atom stereocenters. The van der Waals surface area contributed by atoms with Gasteiger partial charge < -0.3 is 0 Å². The van der Waals surface area contributed by atoms with Gasteiger partial charge in [0.25, 0.3) is 0 Å². The Morgan fingerprint density at radius 2 is 1.08 bits per heavy atom. The van der Waals surface area contributed by atoms with E-state index in [2.05, 4.69) is 9.98 Å². The third-order valence-electron chi connectivity index (χ3n) is 5.47. The molecule has 3 rings (SSSR count). The molecular formula is C27H20F10N2. The highest BCUT2D eigenvalue weighted by Gasteiger charge is 2.37. The van der Waals surface area contributed by atoms with Crippen molar-refractivity contribution in [2.24, 2.45) is 9.98 Å². The zero-order chi connectivity index (χ0) is 29.0. The highest BCUT2D eigenvalue weighted by atomic mass is 19.4. The van der Waals surface area contributed by atoms with Crippen molar-refractivity contribution in [1.29, 1.82) is 0 Å². The fourth-order valence-corrected chi connectivity index (χ4v) is 3.64. The van der Waals surface area contributed by atoms with Crippen molar-refractivity contribution in [2.45, 2.75) is 44.7 Å². The van der Waals surface area contributed by atoms with Crippen LogP contribution in [0.5, 0.6) is 0 Å². The van der Waals surface area contributed by atoms with E-state index in [4.69, 9.17) is 0 Å². The Labute approximate surface area is 216 Å². The summed E-state index contributed by atoms with van der Waals surface area (Å²) in [6, 6.07) is 11.1. The van der Waals surface area contributed by atoms with Crippen LogP contribution in [-0.2, 0) is 24.9 Å². The van der Waals surface area contributed by atoms with Crippen molar-refractivity contribution in [3.05, 3.63) is 94.8 Å². The molecule has 3 aromatic carbocycles. The molecule has 0 bridgehead atoms. The molecule has 208 valence electrons. The third kappa shape index (κ3) is 8.39. The van der Waals surface area contributed by atoms with Crippen LogP contribution in [0.1, 0.15) is 42.0 Å². The van der Waals surface area contributed by atoms with Gasteiger partial charge in [0.1, 0.15) is 5.82 Å². The van der Waals surface area contributed by atoms with Crippen molar-refractivity contribution in [3.63, 3.8) is 0 Å². The molecule has 0 amide bonds. The molecule has 0 heterocycles. The second kappa shape index (κ2) is 11.6. The van der Waals surface area contributed by atoms with Crippen LogP contribution < -0.4 is 0 Å². The summed E-state index contributed by atoms with van der Waals surface area (Å²) in [6.45, 7) is 1.52. The molecule has 0 saturated carbocycles. The largest absolute Gasteiger partial charge is 0.416 e. The molecular weight excluding hydrogens is 542 g/mol. The normalized spacial score (nSPS) is 13.6. The summed E-state index contributed by atoms with van der Waals surface area (Å²) >= 11 is 0. The Hall–Kier alpha value is -3.70. The van der Waals surface area contributed by atoms with Gasteiger partial charge in [0.2, 0.25) is 0 Å². The van der Waals surface area contributed by atoms with Crippen molar-refractivity contribution < 1.29 is 43.9 Å². The summed E-state index contributed by atoms with van der Waals surface area (Å²) in [6.07, 6.45) is -14.9. The Morgan fingerprint density at radius 1 is 0.615 bits per heavy atom. The first-order valence-electron chi connectivity index (χ1n) is 11.4. The standard InChI is InChI=1S/C27H20F10N2/c1-2-23(38-22-14-19(27(35,36)37)11-20(28)15-22)24(9-8-16-6-4-3-5-7-16)39-21-12-17(25(29,30)31)10-18(13-21)26(32,33)34/h3-7,10-15H,2,8-9H2,1H3. The number of aryl methyl sites for hydroxylation is 1. The zero-order valence-electron chi connectivity index (χ0n) is 20.1. The molecule has 0 N–H and O–H groups in total. The van der Waals surface area contributed by atoms with Crippen molar-refractivity contribution in [1.82, 2.24) is 0 Å². The van der Waals surface area contributed by atoms with E-state index in [9.17, 15) is 43.9 Å². The Kier molecular flexibility index (Phi) is 8.87. The van der Waals surface area contributed by atoms with E-state index in [-0.39, 0.29) is 42.8 Å². The maximum atomic E-state index is 13.9. The number of rotatable bonds is 7. The summed E-state index contributed by atoms with van der Waals surface area (Å²) in [5, 5.41) is 0. The lowest BCUT2D eigenvalue weighted by atomic mass is 10.0. The lowest BCUT2D eigenvalue weighted by Crippen LogP contribution is -2.15. The Balaban J connectivity index is 2.18. The van der Waals surface area contributed by atoms with Gasteiger partial charge in [0.05, 0.1) is 39.5 Å². The average molecular weight is 562 g/mol. The molecule has 0 fully saturated rings. The molecule has 3 aromatic rings. The predicted octanol–water partition coefficient (Wildman–Crippen LogP) is 9.77. The van der Waals surface area contributed by atoms with Crippen LogP contribution in [0, 0.1) is 5.82 Å². The first-order chi connectivity index (χ1) is 18.1. The van der Waals surface area contributed by atoms with Gasteiger partial charge in [-0.1, -0.05) is 37.3 Å². The molecule has 0 radical (unpaired) electrons. The highest BCUT2D eigenvalue weighted by Crippen LogP contribution is 2.38. The minimum absolute atomic E-state index is 0.0173. The van der Waals surface area contributed by atoms with E-state index < -0.39 is 52.4 Å². The molecule has 0 saturated heterocycles. The van der Waals surface area contributed by atoms with Crippen LogP contribution >= 0.6 is 0 Å². The molecule has 2 nitrogen and oxygen atoms in total. The summed E-state index contributed by atoms with van der Waals surface area (Å²) in [5.41, 5.74) is -4.91. The molecule has 0 spiro atoms. The quantitative estimate of drug-likeness (QED) is 0.202. The van der Waals surface area contributed by atoms with Gasteiger partial charge in [-0.05, 0) is 61.2 Å². The van der Waals surface area contributed by atoms with Gasteiger partial charge in [-0.2, -0.15) is 39.5 Å². The molecule has 0 aliphatic heterocycles. The number of benzene rings is 3. The van der Waals surface area contributed by atoms with Gasteiger partial charge in [0.15, 0.2) is 0 Å². The SMILES string of the molecule is CCC(=Nc1cc(F)cc(C(F)(F)F)c1)C(CCc1ccccc1)=Nc1cc(C(F)(F)F)cc(C(F)(F)F)c1. The molecule has 0 aliphatic rings. The van der Waals surface area contributed by atoms with E-state index in [1.165, 1.54) is 6.92 Å². The fraction of sp³-hybridized carbons (Fsp3) is 0.259. The number of nitrogens with zero attached hydrogens (tertiary/aromatic N) is 2. The van der Waals surface area contributed by atoms with Gasteiger partial charge in [0, 0.05) is 0 Å². The Bertz CT molecular complexity index is 1320. The van der Waals surface area contributed by atoms with Gasteiger partial charge in [-0.15, -0.1) is 0 Å². The van der Waals surface area contributed by atoms with E-state index in [0.29, 0.717) is 18.2 Å². The van der Waals surface area contributed by atoms with E-state index in [1.54, 1.807) is 30.3 Å². The van der Waals surface area contributed by atoms with Crippen LogP contribution in [0.3, 0.4) is 0 Å². The number of hydrogen-bond donors (Lipinski definition) is 0. The summed E-state index contributed by atoms with van der Waals surface area (Å²) in [4.78, 5) is 8.12. The second-order valence-corrected chi connectivity index (χ2v) is 8.42. The summed E-state index contributed by atoms with van der Waals surface area (Å²) in [7, 11) is 0. The van der Waals surface area contributed by atoms with Crippen LogP contribution in [0.2, 0.25) is 0 Å². The van der Waals surface area contributed by atoms with Crippen molar-refractivity contribution in [3.8, 4) is 0 Å². The van der Waals surface area contributed by atoms with Gasteiger partial charge in [-0.3, -0.25) is 9.98 Å². The summed E-state index contributed by atoms with van der Waals surface area (Å²) in [5.74, 6) is -1.23. The minimum Gasteiger partial charge on any atom is -0.252 e. The van der Waals surface area contributed by atoms with Crippen LogP contribution in [-0.4, -0.2) is 11.4 Å². The topological polar surface area (TPSA) is 24.7 Å². The number of alkyl halides is 9. The number of aliphatic imine (C=N–C) groups is 2. The fourth-order valence-electron chi connectivity index (χ4n) is 3.64. The second-order valence-electron chi connectivity index (χ2n) is 8.42. The molecule has 12 heteroatoms. The third-order valence-corrected chi connectivity index (χ3v) is 5.47. The molecule has 0 atom stereocenters. The van der Waals surface area contributed by atoms with Crippen molar-refractivity contribution >= 4 is 22.8 Å². The van der Waals surface area contributed by atoms with Gasteiger partial charge in [-0.25, -0.2) is 4.39 Å². The first-order valence-corrected chi connectivity index (χ1v) is 11.4. The predicted molar refractivity (Wildman–Crippen MR) is 127 cm³/mol. The summed E-state index contributed by atoms with van der Waals surface area (Å²) < 4.78 is 134. The lowest BCUT2D eigenvalue weighted by molar-refractivity contribution is -0.143. The van der Waals surface area contributed by atoms with Crippen molar-refractivity contribution in [2.75, 3.05) is 0 Å².